The van der Waals surface area contributed by atoms with Gasteiger partial charge >= 0.3 is 0 Å². The highest BCUT2D eigenvalue weighted by molar-refractivity contribution is 6.01. The van der Waals surface area contributed by atoms with Crippen LogP contribution in [0.15, 0.2) is 91.3 Å². The van der Waals surface area contributed by atoms with E-state index in [2.05, 4.69) is 61.7 Å². The third-order valence-corrected chi connectivity index (χ3v) is 7.72. The average Bonchev–Trinajstić information content (AvgIpc) is 3.62. The van der Waals surface area contributed by atoms with Gasteiger partial charge in [0.2, 0.25) is 5.91 Å². The molecule has 0 saturated carbocycles. The van der Waals surface area contributed by atoms with Gasteiger partial charge in [0, 0.05) is 46.8 Å². The van der Waals surface area contributed by atoms with Crippen molar-refractivity contribution in [3.05, 3.63) is 96.8 Å². The number of amides is 1. The van der Waals surface area contributed by atoms with E-state index >= 15 is 0 Å². The summed E-state index contributed by atoms with van der Waals surface area (Å²) < 4.78 is 0. The second-order valence-corrected chi connectivity index (χ2v) is 10.5. The molecule has 7 nitrogen and oxygen atoms in total. The van der Waals surface area contributed by atoms with Crippen LogP contribution < -0.4 is 10.2 Å². The molecule has 40 heavy (non-hydrogen) atoms. The van der Waals surface area contributed by atoms with Crippen LogP contribution in [0.2, 0.25) is 0 Å². The summed E-state index contributed by atoms with van der Waals surface area (Å²) in [5, 5.41) is 13.1. The van der Waals surface area contributed by atoms with Crippen molar-refractivity contribution in [1.29, 1.82) is 0 Å². The van der Waals surface area contributed by atoms with Crippen molar-refractivity contribution >= 4 is 39.1 Å². The number of H-pyrrole nitrogens is 2. The standard InChI is InChI=1S/C33H30N6O/c40-32(16-22-8-3-1-4-9-22)35-25-17-24(20-34-21-25)23-12-13-29-27(18-23)33(38-37-29)30-19-26-28(36-30)10-7-11-31(26)39-14-5-2-6-15-39/h1,3-4,7-13,17-21,36H,2,5-6,14-16H2,(H,35,40)(H,37,38). The van der Waals surface area contributed by atoms with Crippen LogP contribution in [-0.2, 0) is 11.2 Å². The molecule has 0 aliphatic carbocycles. The van der Waals surface area contributed by atoms with Crippen molar-refractivity contribution in [3.63, 3.8) is 0 Å². The zero-order valence-electron chi connectivity index (χ0n) is 22.2. The summed E-state index contributed by atoms with van der Waals surface area (Å²) in [6, 6.07) is 26.6. The number of carbonyl (C=O) groups is 1. The van der Waals surface area contributed by atoms with Crippen LogP contribution in [0, 0.1) is 0 Å². The monoisotopic (exact) mass is 526 g/mol. The molecule has 0 atom stereocenters. The number of carbonyl (C=O) groups excluding carboxylic acids is 1. The van der Waals surface area contributed by atoms with E-state index in [1.807, 2.05) is 48.7 Å². The predicted octanol–water partition coefficient (Wildman–Crippen LogP) is 6.94. The Labute approximate surface area is 232 Å². The molecule has 4 heterocycles. The molecule has 7 rings (SSSR count). The Morgan fingerprint density at radius 2 is 1.70 bits per heavy atom. The first-order valence-electron chi connectivity index (χ1n) is 13.9. The summed E-state index contributed by atoms with van der Waals surface area (Å²) in [5.41, 5.74) is 8.83. The zero-order valence-corrected chi connectivity index (χ0v) is 22.2. The molecule has 7 heteroatoms. The van der Waals surface area contributed by atoms with Gasteiger partial charge in [-0.2, -0.15) is 5.10 Å². The zero-order chi connectivity index (χ0) is 26.9. The minimum Gasteiger partial charge on any atom is -0.371 e. The van der Waals surface area contributed by atoms with Gasteiger partial charge in [-0.1, -0.05) is 42.5 Å². The SMILES string of the molecule is O=C(Cc1ccccc1)Nc1cncc(-c2ccc3[nH]nc(-c4cc5c(N6CCCCC6)cccc5[nH]4)c3c2)c1. The van der Waals surface area contributed by atoms with Gasteiger partial charge < -0.3 is 15.2 Å². The Kier molecular flexibility index (Phi) is 6.24. The highest BCUT2D eigenvalue weighted by Crippen LogP contribution is 2.35. The average molecular weight is 527 g/mol. The summed E-state index contributed by atoms with van der Waals surface area (Å²) in [5.74, 6) is -0.0690. The molecule has 3 aromatic heterocycles. The van der Waals surface area contributed by atoms with Gasteiger partial charge in [0.05, 0.1) is 29.5 Å². The van der Waals surface area contributed by atoms with Crippen LogP contribution in [0.1, 0.15) is 24.8 Å². The maximum atomic E-state index is 12.6. The summed E-state index contributed by atoms with van der Waals surface area (Å²) in [7, 11) is 0. The Balaban J connectivity index is 1.19. The number of pyridine rings is 1. The van der Waals surface area contributed by atoms with Gasteiger partial charge in [0.15, 0.2) is 0 Å². The second-order valence-electron chi connectivity index (χ2n) is 10.5. The van der Waals surface area contributed by atoms with Crippen LogP contribution >= 0.6 is 0 Å². The predicted molar refractivity (Wildman–Crippen MR) is 161 cm³/mol. The fraction of sp³-hybridized carbons (Fsp3) is 0.182. The first kappa shape index (κ1) is 24.2. The molecule has 3 aromatic carbocycles. The van der Waals surface area contributed by atoms with E-state index in [1.54, 1.807) is 6.20 Å². The molecule has 0 bridgehead atoms. The Hall–Kier alpha value is -4.91. The van der Waals surface area contributed by atoms with Crippen LogP contribution in [0.3, 0.4) is 0 Å². The number of fused-ring (bicyclic) bond motifs is 2. The Morgan fingerprint density at radius 1 is 0.825 bits per heavy atom. The number of hydrogen-bond acceptors (Lipinski definition) is 4. The van der Waals surface area contributed by atoms with E-state index in [0.717, 1.165) is 57.6 Å². The second kappa shape index (κ2) is 10.3. The lowest BCUT2D eigenvalue weighted by Crippen LogP contribution is -2.29. The topological polar surface area (TPSA) is 89.7 Å². The molecule has 1 amide bonds. The van der Waals surface area contributed by atoms with Crippen molar-refractivity contribution in [2.45, 2.75) is 25.7 Å². The fourth-order valence-electron chi connectivity index (χ4n) is 5.73. The summed E-state index contributed by atoms with van der Waals surface area (Å²) in [6.07, 6.45) is 7.62. The number of benzene rings is 3. The van der Waals surface area contributed by atoms with Gasteiger partial charge in [-0.15, -0.1) is 0 Å². The number of nitrogens with zero attached hydrogens (tertiary/aromatic N) is 3. The van der Waals surface area contributed by atoms with Gasteiger partial charge in [0.1, 0.15) is 5.69 Å². The molecule has 0 spiro atoms. The van der Waals surface area contributed by atoms with E-state index in [4.69, 9.17) is 5.10 Å². The van der Waals surface area contributed by atoms with Crippen LogP contribution in [0.25, 0.3) is 44.3 Å². The normalized spacial score (nSPS) is 13.7. The van der Waals surface area contributed by atoms with Crippen molar-refractivity contribution < 1.29 is 4.79 Å². The third kappa shape index (κ3) is 4.71. The Bertz CT molecular complexity index is 1810. The van der Waals surface area contributed by atoms with E-state index < -0.39 is 0 Å². The van der Waals surface area contributed by atoms with Gasteiger partial charge in [-0.25, -0.2) is 0 Å². The number of rotatable bonds is 6. The van der Waals surface area contributed by atoms with Crippen molar-refractivity contribution in [1.82, 2.24) is 20.2 Å². The highest BCUT2D eigenvalue weighted by atomic mass is 16.1. The summed E-state index contributed by atoms with van der Waals surface area (Å²) in [6.45, 7) is 2.21. The number of aromatic nitrogens is 4. The molecular formula is C33H30N6O. The minimum atomic E-state index is -0.0690. The smallest absolute Gasteiger partial charge is 0.228 e. The van der Waals surface area contributed by atoms with E-state index in [1.165, 1.54) is 30.3 Å². The van der Waals surface area contributed by atoms with Crippen molar-refractivity contribution in [3.8, 4) is 22.5 Å². The summed E-state index contributed by atoms with van der Waals surface area (Å²) in [4.78, 5) is 23.1. The molecule has 0 unspecified atom stereocenters. The van der Waals surface area contributed by atoms with E-state index in [0.29, 0.717) is 12.1 Å². The molecule has 1 fully saturated rings. The van der Waals surface area contributed by atoms with Crippen molar-refractivity contribution in [2.75, 3.05) is 23.3 Å². The van der Waals surface area contributed by atoms with Crippen LogP contribution in [0.4, 0.5) is 11.4 Å². The molecule has 198 valence electrons. The van der Waals surface area contributed by atoms with Gasteiger partial charge in [0.25, 0.3) is 0 Å². The lowest BCUT2D eigenvalue weighted by atomic mass is 10.0. The maximum Gasteiger partial charge on any atom is 0.228 e. The number of nitrogens with one attached hydrogen (secondary N) is 3. The summed E-state index contributed by atoms with van der Waals surface area (Å²) >= 11 is 0. The van der Waals surface area contributed by atoms with Gasteiger partial charge in [-0.05, 0) is 66.8 Å². The number of anilines is 2. The van der Waals surface area contributed by atoms with E-state index in [9.17, 15) is 4.79 Å². The van der Waals surface area contributed by atoms with Crippen molar-refractivity contribution in [2.24, 2.45) is 0 Å². The van der Waals surface area contributed by atoms with E-state index in [-0.39, 0.29) is 5.91 Å². The van der Waals surface area contributed by atoms with Gasteiger partial charge in [-0.3, -0.25) is 14.9 Å². The number of hydrogen-bond donors (Lipinski definition) is 3. The lowest BCUT2D eigenvalue weighted by molar-refractivity contribution is -0.115. The maximum absolute atomic E-state index is 12.6. The molecular weight excluding hydrogens is 496 g/mol. The molecule has 3 N–H and O–H groups in total. The molecule has 1 aliphatic heterocycles. The fourth-order valence-corrected chi connectivity index (χ4v) is 5.73. The largest absolute Gasteiger partial charge is 0.371 e. The lowest BCUT2D eigenvalue weighted by Gasteiger charge is -2.29. The highest BCUT2D eigenvalue weighted by Gasteiger charge is 2.17. The minimum absolute atomic E-state index is 0.0690. The van der Waals surface area contributed by atoms with Crippen LogP contribution in [0.5, 0.6) is 0 Å². The molecule has 1 aliphatic rings. The van der Waals surface area contributed by atoms with Crippen LogP contribution in [-0.4, -0.2) is 39.2 Å². The Morgan fingerprint density at radius 3 is 2.58 bits per heavy atom. The first-order chi connectivity index (χ1) is 19.7. The number of aromatic amines is 2. The third-order valence-electron chi connectivity index (χ3n) is 7.72. The molecule has 6 aromatic rings. The number of piperidine rings is 1. The molecule has 1 saturated heterocycles. The quantitative estimate of drug-likeness (QED) is 0.219. The molecule has 0 radical (unpaired) electrons. The first-order valence-corrected chi connectivity index (χ1v) is 13.9.